The van der Waals surface area contributed by atoms with Crippen LogP contribution in [0.5, 0.6) is 0 Å². The first-order chi connectivity index (χ1) is 15.3. The summed E-state index contributed by atoms with van der Waals surface area (Å²) in [6.45, 7) is 9.34. The molecule has 4 heteroatoms. The van der Waals surface area contributed by atoms with Gasteiger partial charge in [0.1, 0.15) is 0 Å². The Morgan fingerprint density at radius 3 is 2.74 bits per heavy atom. The number of anilines is 1. The molecule has 2 aromatic carbocycles. The molecular weight excluding hydrogens is 380 g/mol. The molecule has 31 heavy (non-hydrogen) atoms. The topological polar surface area (TPSA) is 30.5 Å². The normalized spacial score (nSPS) is 20.4. The molecule has 2 fully saturated rings. The Kier molecular flexibility index (Phi) is 6.68. The average molecular weight is 417 g/mol. The summed E-state index contributed by atoms with van der Waals surface area (Å²) in [7, 11) is 0. The van der Waals surface area contributed by atoms with Crippen molar-refractivity contribution in [3.63, 3.8) is 0 Å². The van der Waals surface area contributed by atoms with Crippen molar-refractivity contribution in [3.8, 4) is 0 Å². The van der Waals surface area contributed by atoms with Gasteiger partial charge in [-0.3, -0.25) is 0 Å². The molecule has 0 amide bonds. The molecule has 0 radical (unpaired) electrons. The fourth-order valence-corrected chi connectivity index (χ4v) is 5.26. The smallest absolute Gasteiger partial charge is 0.0372 e. The van der Waals surface area contributed by atoms with Gasteiger partial charge >= 0.3 is 0 Å². The maximum Gasteiger partial charge on any atom is 0.0372 e. The molecule has 2 heterocycles. The van der Waals surface area contributed by atoms with Crippen LogP contribution in [0.3, 0.4) is 0 Å². The molecule has 2 aliphatic heterocycles. The second-order valence-electron chi connectivity index (χ2n) is 9.26. The summed E-state index contributed by atoms with van der Waals surface area (Å²) >= 11 is 0. The van der Waals surface area contributed by atoms with Crippen molar-refractivity contribution in [2.45, 2.75) is 31.7 Å². The van der Waals surface area contributed by atoms with Crippen molar-refractivity contribution in [2.75, 3.05) is 57.3 Å². The van der Waals surface area contributed by atoms with Crippen molar-refractivity contribution in [1.82, 2.24) is 15.5 Å². The molecule has 0 saturated carbocycles. The van der Waals surface area contributed by atoms with E-state index in [-0.39, 0.29) is 0 Å². The van der Waals surface area contributed by atoms with E-state index in [1.165, 1.54) is 73.4 Å². The van der Waals surface area contributed by atoms with Crippen LogP contribution in [0.25, 0.3) is 11.6 Å². The van der Waals surface area contributed by atoms with Gasteiger partial charge in [-0.05, 0) is 73.2 Å². The van der Waals surface area contributed by atoms with Crippen molar-refractivity contribution < 1.29 is 0 Å². The molecule has 1 aliphatic carbocycles. The van der Waals surface area contributed by atoms with Gasteiger partial charge in [0.2, 0.25) is 0 Å². The summed E-state index contributed by atoms with van der Waals surface area (Å²) in [5.41, 5.74) is 7.03. The van der Waals surface area contributed by atoms with Gasteiger partial charge < -0.3 is 20.4 Å². The van der Waals surface area contributed by atoms with E-state index in [2.05, 4.69) is 75.0 Å². The van der Waals surface area contributed by atoms with Gasteiger partial charge in [-0.1, -0.05) is 42.5 Å². The minimum absolute atomic E-state index is 0.663. The highest BCUT2D eigenvalue weighted by molar-refractivity contribution is 5.89. The maximum absolute atomic E-state index is 3.83. The third kappa shape index (κ3) is 5.20. The van der Waals surface area contributed by atoms with Crippen molar-refractivity contribution in [2.24, 2.45) is 0 Å². The number of benzene rings is 2. The van der Waals surface area contributed by atoms with Gasteiger partial charge in [-0.25, -0.2) is 0 Å². The average Bonchev–Trinajstić information content (AvgIpc) is 3.09. The highest BCUT2D eigenvalue weighted by Gasteiger charge is 2.20. The number of nitrogens with zero attached hydrogens (tertiary/aromatic N) is 2. The number of fused-ring (bicyclic) bond motifs is 1. The lowest BCUT2D eigenvalue weighted by atomic mass is 10.0. The number of piperidine rings is 1. The van der Waals surface area contributed by atoms with E-state index in [4.69, 9.17) is 0 Å². The molecule has 164 valence electrons. The van der Waals surface area contributed by atoms with E-state index in [0.717, 1.165) is 32.6 Å². The van der Waals surface area contributed by atoms with Gasteiger partial charge in [-0.2, -0.15) is 0 Å². The van der Waals surface area contributed by atoms with Gasteiger partial charge in [-0.15, -0.1) is 0 Å². The van der Waals surface area contributed by atoms with Crippen LogP contribution in [-0.4, -0.2) is 63.3 Å². The number of rotatable bonds is 6. The van der Waals surface area contributed by atoms with E-state index >= 15 is 0 Å². The first-order valence-corrected chi connectivity index (χ1v) is 12.2. The van der Waals surface area contributed by atoms with Crippen LogP contribution in [0.4, 0.5) is 5.69 Å². The van der Waals surface area contributed by atoms with E-state index in [9.17, 15) is 0 Å². The van der Waals surface area contributed by atoms with Crippen LogP contribution in [0.15, 0.2) is 48.5 Å². The fourth-order valence-electron chi connectivity index (χ4n) is 5.26. The summed E-state index contributed by atoms with van der Waals surface area (Å²) < 4.78 is 0. The molecule has 0 bridgehead atoms. The highest BCUT2D eigenvalue weighted by atomic mass is 15.2. The van der Waals surface area contributed by atoms with Crippen molar-refractivity contribution in [1.29, 1.82) is 0 Å². The molecule has 3 aliphatic rings. The largest absolute Gasteiger partial charge is 0.371 e. The fraction of sp³-hybridized carbons (Fsp3) is 0.481. The summed E-state index contributed by atoms with van der Waals surface area (Å²) in [6, 6.07) is 18.6. The molecule has 2 saturated heterocycles. The molecule has 0 unspecified atom stereocenters. The minimum atomic E-state index is 0.663. The van der Waals surface area contributed by atoms with Crippen LogP contribution < -0.4 is 15.5 Å². The zero-order valence-corrected chi connectivity index (χ0v) is 18.7. The van der Waals surface area contributed by atoms with E-state index in [1.807, 2.05) is 0 Å². The number of nitrogens with one attached hydrogen (secondary N) is 2. The quantitative estimate of drug-likeness (QED) is 0.753. The molecule has 4 nitrogen and oxygen atoms in total. The lowest BCUT2D eigenvalue weighted by molar-refractivity contribution is 0.280. The first kappa shape index (κ1) is 20.7. The van der Waals surface area contributed by atoms with Crippen LogP contribution in [-0.2, 0) is 6.42 Å². The molecule has 0 aromatic heterocycles. The summed E-state index contributed by atoms with van der Waals surface area (Å²) in [5.74, 6) is 0. The minimum Gasteiger partial charge on any atom is -0.371 e. The van der Waals surface area contributed by atoms with Crippen LogP contribution >= 0.6 is 0 Å². The van der Waals surface area contributed by atoms with Crippen LogP contribution in [0, 0.1) is 0 Å². The van der Waals surface area contributed by atoms with Crippen LogP contribution in [0.1, 0.15) is 36.0 Å². The van der Waals surface area contributed by atoms with Gasteiger partial charge in [0, 0.05) is 51.0 Å². The standard InChI is InChI=1S/C27H36N4/c1-2-6-23-20-25(19-22(23)5-1)24-7-3-8-27(21-24)31-15-9-26(10-16-31)29-13-18-30-14-4-11-28-12-17-30/h1-3,5-8,19,21,26,28-29H,4,9-18,20H2. The first-order valence-electron chi connectivity index (χ1n) is 12.2. The van der Waals surface area contributed by atoms with Crippen LogP contribution in [0.2, 0.25) is 0 Å². The Morgan fingerprint density at radius 2 is 1.84 bits per heavy atom. The van der Waals surface area contributed by atoms with Gasteiger partial charge in [0.25, 0.3) is 0 Å². The molecule has 0 atom stereocenters. The third-order valence-corrected chi connectivity index (χ3v) is 7.14. The molecule has 2 N–H and O–H groups in total. The second kappa shape index (κ2) is 9.99. The van der Waals surface area contributed by atoms with Crippen molar-refractivity contribution in [3.05, 3.63) is 65.2 Å². The SMILES string of the molecule is C1=C(c2cccc(N3CCC(NCCN4CCCNCC4)CC3)c2)Cc2ccccc21. The zero-order valence-electron chi connectivity index (χ0n) is 18.7. The summed E-state index contributed by atoms with van der Waals surface area (Å²) in [5, 5.41) is 7.32. The maximum atomic E-state index is 3.83. The second-order valence-corrected chi connectivity index (χ2v) is 9.26. The molecule has 0 spiro atoms. The Bertz CT molecular complexity index is 890. The third-order valence-electron chi connectivity index (χ3n) is 7.14. The number of hydrogen-bond acceptors (Lipinski definition) is 4. The molecule has 5 rings (SSSR count). The number of allylic oxidation sites excluding steroid dienone is 1. The Labute approximate surface area is 187 Å². The lowest BCUT2D eigenvalue weighted by Gasteiger charge is -2.34. The molecular formula is C27H36N4. The van der Waals surface area contributed by atoms with Gasteiger partial charge in [0.05, 0.1) is 0 Å². The van der Waals surface area contributed by atoms with Gasteiger partial charge in [0.15, 0.2) is 0 Å². The predicted molar refractivity (Wildman–Crippen MR) is 132 cm³/mol. The molecule has 2 aromatic rings. The van der Waals surface area contributed by atoms with Crippen molar-refractivity contribution >= 4 is 17.3 Å². The lowest BCUT2D eigenvalue weighted by Crippen LogP contribution is -2.45. The van der Waals surface area contributed by atoms with E-state index in [0.29, 0.717) is 6.04 Å². The predicted octanol–water partition coefficient (Wildman–Crippen LogP) is 3.64. The number of hydrogen-bond donors (Lipinski definition) is 2. The monoisotopic (exact) mass is 416 g/mol. The summed E-state index contributed by atoms with van der Waals surface area (Å²) in [6.07, 6.45) is 7.17. The zero-order chi connectivity index (χ0) is 20.9. The van der Waals surface area contributed by atoms with E-state index in [1.54, 1.807) is 0 Å². The highest BCUT2D eigenvalue weighted by Crippen LogP contribution is 2.33. The Morgan fingerprint density at radius 1 is 0.935 bits per heavy atom. The van der Waals surface area contributed by atoms with E-state index < -0.39 is 0 Å². The summed E-state index contributed by atoms with van der Waals surface area (Å²) in [4.78, 5) is 5.18. The Balaban J connectivity index is 1.11. The Hall–Kier alpha value is -2.14.